The van der Waals surface area contributed by atoms with Crippen molar-refractivity contribution >= 4 is 59.1 Å². The molecule has 0 aliphatic carbocycles. The molecule has 1 aromatic heterocycles. The second-order valence-corrected chi connectivity index (χ2v) is 7.41. The highest BCUT2D eigenvalue weighted by atomic mass is 79.9. The predicted molar refractivity (Wildman–Crippen MR) is 87.6 cm³/mol. The largest absolute Gasteiger partial charge is 0.271 e. The fraction of sp³-hybridized carbons (Fsp3) is 0.167. The summed E-state index contributed by atoms with van der Waals surface area (Å²) in [4.78, 5) is 1.28. The van der Waals surface area contributed by atoms with Crippen LogP contribution in [0.4, 0.5) is 0 Å². The van der Waals surface area contributed by atoms with Gasteiger partial charge in [-0.3, -0.25) is 11.3 Å². The van der Waals surface area contributed by atoms with Crippen LogP contribution in [0.25, 0.3) is 0 Å². The molecular formula is C12H11Br3N2S. The number of halogens is 3. The summed E-state index contributed by atoms with van der Waals surface area (Å²) in [7, 11) is 0. The molecular weight excluding hydrogens is 444 g/mol. The van der Waals surface area contributed by atoms with Crippen molar-refractivity contribution in [3.05, 3.63) is 53.5 Å². The number of rotatable bonds is 4. The Labute approximate surface area is 135 Å². The van der Waals surface area contributed by atoms with Gasteiger partial charge in [-0.2, -0.15) is 0 Å². The summed E-state index contributed by atoms with van der Waals surface area (Å²) in [5, 5.41) is 2.07. The van der Waals surface area contributed by atoms with E-state index in [1.807, 2.05) is 12.1 Å². The van der Waals surface area contributed by atoms with Crippen LogP contribution in [0.2, 0.25) is 0 Å². The zero-order valence-electron chi connectivity index (χ0n) is 9.29. The van der Waals surface area contributed by atoms with Gasteiger partial charge in [-0.05, 0) is 51.1 Å². The summed E-state index contributed by atoms with van der Waals surface area (Å²) in [6.07, 6.45) is 0.851. The van der Waals surface area contributed by atoms with Gasteiger partial charge in [0.05, 0.1) is 6.04 Å². The molecule has 0 saturated carbocycles. The molecule has 0 aliphatic heterocycles. The summed E-state index contributed by atoms with van der Waals surface area (Å²) < 4.78 is 3.24. The average molecular weight is 455 g/mol. The maximum atomic E-state index is 5.69. The van der Waals surface area contributed by atoms with Crippen molar-refractivity contribution < 1.29 is 0 Å². The predicted octanol–water partition coefficient (Wildman–Crippen LogP) is 4.78. The van der Waals surface area contributed by atoms with Crippen LogP contribution in [-0.2, 0) is 6.42 Å². The molecule has 0 amide bonds. The number of hydrogen-bond acceptors (Lipinski definition) is 3. The number of hydrazine groups is 1. The van der Waals surface area contributed by atoms with E-state index in [1.54, 1.807) is 11.3 Å². The van der Waals surface area contributed by atoms with Crippen LogP contribution in [-0.4, -0.2) is 0 Å². The Kier molecular flexibility index (Phi) is 5.41. The van der Waals surface area contributed by atoms with E-state index in [9.17, 15) is 0 Å². The topological polar surface area (TPSA) is 38.0 Å². The Morgan fingerprint density at radius 3 is 2.56 bits per heavy atom. The minimum atomic E-state index is 0.0758. The van der Waals surface area contributed by atoms with E-state index in [2.05, 4.69) is 70.7 Å². The van der Waals surface area contributed by atoms with Gasteiger partial charge in [0.15, 0.2) is 0 Å². The van der Waals surface area contributed by atoms with E-state index in [1.165, 1.54) is 4.88 Å². The Balaban J connectivity index is 2.28. The van der Waals surface area contributed by atoms with Gasteiger partial charge in [0, 0.05) is 24.7 Å². The molecule has 0 spiro atoms. The van der Waals surface area contributed by atoms with E-state index in [0.29, 0.717) is 0 Å². The van der Waals surface area contributed by atoms with Gasteiger partial charge >= 0.3 is 0 Å². The maximum absolute atomic E-state index is 5.69. The molecule has 0 aliphatic rings. The van der Waals surface area contributed by atoms with Gasteiger partial charge in [-0.25, -0.2) is 0 Å². The van der Waals surface area contributed by atoms with E-state index < -0.39 is 0 Å². The number of hydrogen-bond donors (Lipinski definition) is 2. The third-order valence-electron chi connectivity index (χ3n) is 2.62. The molecule has 2 nitrogen and oxygen atoms in total. The first-order chi connectivity index (χ1) is 8.61. The highest BCUT2D eigenvalue weighted by Crippen LogP contribution is 2.32. The Hall–Kier alpha value is 0.280. The SMILES string of the molecule is NNC(Cc1sccc1Br)c1cc(Br)ccc1Br. The molecule has 6 heteroatoms. The van der Waals surface area contributed by atoms with Crippen molar-refractivity contribution in [1.82, 2.24) is 5.43 Å². The van der Waals surface area contributed by atoms with Gasteiger partial charge in [-0.15, -0.1) is 11.3 Å². The van der Waals surface area contributed by atoms with Crippen LogP contribution < -0.4 is 11.3 Å². The van der Waals surface area contributed by atoms with Crippen molar-refractivity contribution in [1.29, 1.82) is 0 Å². The van der Waals surface area contributed by atoms with E-state index in [4.69, 9.17) is 5.84 Å². The Morgan fingerprint density at radius 1 is 1.17 bits per heavy atom. The first kappa shape index (κ1) is 14.7. The fourth-order valence-corrected chi connectivity index (χ4v) is 4.16. The van der Waals surface area contributed by atoms with Crippen LogP contribution in [0.1, 0.15) is 16.5 Å². The highest BCUT2D eigenvalue weighted by Gasteiger charge is 2.16. The maximum Gasteiger partial charge on any atom is 0.0520 e. The first-order valence-electron chi connectivity index (χ1n) is 5.24. The molecule has 2 rings (SSSR count). The summed E-state index contributed by atoms with van der Waals surface area (Å²) in [6.45, 7) is 0. The fourth-order valence-electron chi connectivity index (χ4n) is 1.70. The lowest BCUT2D eigenvalue weighted by molar-refractivity contribution is 0.552. The third kappa shape index (κ3) is 3.43. The van der Waals surface area contributed by atoms with Crippen molar-refractivity contribution in [2.24, 2.45) is 5.84 Å². The normalized spacial score (nSPS) is 12.7. The number of nitrogens with two attached hydrogens (primary N) is 1. The first-order valence-corrected chi connectivity index (χ1v) is 8.50. The lowest BCUT2D eigenvalue weighted by Gasteiger charge is -2.18. The van der Waals surface area contributed by atoms with Gasteiger partial charge in [-0.1, -0.05) is 31.9 Å². The second-order valence-electron chi connectivity index (χ2n) is 3.78. The molecule has 0 radical (unpaired) electrons. The van der Waals surface area contributed by atoms with E-state index in [-0.39, 0.29) is 6.04 Å². The highest BCUT2D eigenvalue weighted by molar-refractivity contribution is 9.11. The molecule has 1 aromatic carbocycles. The van der Waals surface area contributed by atoms with Crippen LogP contribution in [0.15, 0.2) is 43.1 Å². The summed E-state index contributed by atoms with van der Waals surface area (Å²) in [5.74, 6) is 5.69. The molecule has 2 aromatic rings. The average Bonchev–Trinajstić information content (AvgIpc) is 2.75. The summed E-state index contributed by atoms with van der Waals surface area (Å²) in [5.41, 5.74) is 4.03. The number of benzene rings is 1. The molecule has 1 unspecified atom stereocenters. The van der Waals surface area contributed by atoms with Crippen molar-refractivity contribution in [2.45, 2.75) is 12.5 Å². The minimum absolute atomic E-state index is 0.0758. The smallest absolute Gasteiger partial charge is 0.0520 e. The zero-order valence-corrected chi connectivity index (χ0v) is 14.9. The monoisotopic (exact) mass is 452 g/mol. The van der Waals surface area contributed by atoms with Gasteiger partial charge in [0.1, 0.15) is 0 Å². The Bertz CT molecular complexity index is 542. The van der Waals surface area contributed by atoms with Crippen molar-refractivity contribution in [2.75, 3.05) is 0 Å². The molecule has 0 bridgehead atoms. The molecule has 0 fully saturated rings. The van der Waals surface area contributed by atoms with Crippen LogP contribution in [0.3, 0.4) is 0 Å². The molecule has 96 valence electrons. The lowest BCUT2D eigenvalue weighted by atomic mass is 10.0. The van der Waals surface area contributed by atoms with Crippen LogP contribution >= 0.6 is 59.1 Å². The molecule has 18 heavy (non-hydrogen) atoms. The molecule has 1 atom stereocenters. The van der Waals surface area contributed by atoms with Crippen LogP contribution in [0, 0.1) is 0 Å². The molecule has 0 saturated heterocycles. The lowest BCUT2D eigenvalue weighted by Crippen LogP contribution is -2.29. The zero-order chi connectivity index (χ0) is 13.1. The Morgan fingerprint density at radius 2 is 1.94 bits per heavy atom. The van der Waals surface area contributed by atoms with E-state index in [0.717, 1.165) is 25.4 Å². The van der Waals surface area contributed by atoms with E-state index >= 15 is 0 Å². The second kappa shape index (κ2) is 6.63. The number of nitrogens with one attached hydrogen (secondary N) is 1. The third-order valence-corrected chi connectivity index (χ3v) is 5.78. The standard InChI is InChI=1S/C12H11Br3N2S/c13-7-1-2-9(14)8(5-7)11(17-16)6-12-10(15)3-4-18-12/h1-5,11,17H,6,16H2. The van der Waals surface area contributed by atoms with Crippen molar-refractivity contribution in [3.8, 4) is 0 Å². The molecule has 3 N–H and O–H groups in total. The van der Waals surface area contributed by atoms with Crippen LogP contribution in [0.5, 0.6) is 0 Å². The summed E-state index contributed by atoms with van der Waals surface area (Å²) in [6, 6.07) is 8.24. The minimum Gasteiger partial charge on any atom is -0.271 e. The molecule has 1 heterocycles. The van der Waals surface area contributed by atoms with Gasteiger partial charge in [0.25, 0.3) is 0 Å². The number of thiophene rings is 1. The van der Waals surface area contributed by atoms with Gasteiger partial charge in [0.2, 0.25) is 0 Å². The van der Waals surface area contributed by atoms with Gasteiger partial charge < -0.3 is 0 Å². The van der Waals surface area contributed by atoms with Crippen molar-refractivity contribution in [3.63, 3.8) is 0 Å². The quantitative estimate of drug-likeness (QED) is 0.515. The summed E-state index contributed by atoms with van der Waals surface area (Å²) >= 11 is 12.3.